The average Bonchev–Trinajstić information content (AvgIpc) is 2.66. The van der Waals surface area contributed by atoms with Gasteiger partial charge in [0.25, 0.3) is 0 Å². The topological polar surface area (TPSA) is 111 Å². The van der Waals surface area contributed by atoms with E-state index in [1.54, 1.807) is 30.3 Å². The van der Waals surface area contributed by atoms with E-state index in [0.29, 0.717) is 11.3 Å². The summed E-state index contributed by atoms with van der Waals surface area (Å²) in [5.41, 5.74) is 6.73. The maximum atomic E-state index is 13.4. The van der Waals surface area contributed by atoms with Gasteiger partial charge in [0, 0.05) is 19.8 Å². The summed E-state index contributed by atoms with van der Waals surface area (Å²) in [5.74, 6) is -1.56. The number of methoxy groups -OCH3 is 1. The summed E-state index contributed by atoms with van der Waals surface area (Å²) in [4.78, 5) is 36.2. The fourth-order valence-corrected chi connectivity index (χ4v) is 2.88. The van der Waals surface area contributed by atoms with Crippen LogP contribution in [0.4, 0.5) is 4.39 Å². The lowest BCUT2D eigenvalue weighted by molar-refractivity contribution is -0.130. The van der Waals surface area contributed by atoms with Gasteiger partial charge < -0.3 is 21.1 Å². The molecule has 0 aliphatic rings. The molecular formula is C21H24FN3O4. The second-order valence-electron chi connectivity index (χ2n) is 6.61. The maximum Gasteiger partial charge on any atom is 0.243 e. The van der Waals surface area contributed by atoms with Crippen molar-refractivity contribution in [1.82, 2.24) is 10.6 Å². The number of rotatable bonds is 9. The Morgan fingerprint density at radius 2 is 1.62 bits per heavy atom. The van der Waals surface area contributed by atoms with Crippen molar-refractivity contribution in [3.05, 3.63) is 65.5 Å². The van der Waals surface area contributed by atoms with Crippen LogP contribution >= 0.6 is 0 Å². The van der Waals surface area contributed by atoms with Crippen LogP contribution in [0.25, 0.3) is 0 Å². The lowest BCUT2D eigenvalue weighted by atomic mass is 10.0. The van der Waals surface area contributed by atoms with Crippen molar-refractivity contribution in [3.63, 3.8) is 0 Å². The summed E-state index contributed by atoms with van der Waals surface area (Å²) < 4.78 is 18.6. The van der Waals surface area contributed by atoms with Crippen LogP contribution in [-0.4, -0.2) is 36.9 Å². The van der Waals surface area contributed by atoms with Crippen molar-refractivity contribution in [1.29, 1.82) is 0 Å². The van der Waals surface area contributed by atoms with Crippen LogP contribution in [0.1, 0.15) is 18.1 Å². The van der Waals surface area contributed by atoms with Crippen LogP contribution in [0.15, 0.2) is 48.5 Å². The molecule has 7 nitrogen and oxygen atoms in total. The molecule has 3 amide bonds. The molecule has 154 valence electrons. The van der Waals surface area contributed by atoms with Crippen LogP contribution in [0, 0.1) is 5.82 Å². The number of benzene rings is 2. The SMILES string of the molecule is COc1cccc(C[C@@H](NC(=O)[C@@H](Cc2cccc(F)c2)NC(C)=O)C(N)=O)c1. The monoisotopic (exact) mass is 401 g/mol. The quantitative estimate of drug-likeness (QED) is 0.584. The van der Waals surface area contributed by atoms with Crippen LogP contribution in [0.2, 0.25) is 0 Å². The number of halogens is 1. The molecule has 0 fully saturated rings. The van der Waals surface area contributed by atoms with Crippen LogP contribution in [-0.2, 0) is 27.2 Å². The second-order valence-corrected chi connectivity index (χ2v) is 6.61. The Morgan fingerprint density at radius 1 is 1.00 bits per heavy atom. The number of amides is 3. The van der Waals surface area contributed by atoms with Gasteiger partial charge in [-0.05, 0) is 35.4 Å². The third-order valence-corrected chi connectivity index (χ3v) is 4.26. The van der Waals surface area contributed by atoms with Gasteiger partial charge in [-0.2, -0.15) is 0 Å². The molecule has 4 N–H and O–H groups in total. The van der Waals surface area contributed by atoms with E-state index in [9.17, 15) is 18.8 Å². The highest BCUT2D eigenvalue weighted by atomic mass is 19.1. The minimum Gasteiger partial charge on any atom is -0.497 e. The number of primary amides is 1. The molecule has 0 bridgehead atoms. The Hall–Kier alpha value is -3.42. The molecule has 2 atom stereocenters. The van der Waals surface area contributed by atoms with Gasteiger partial charge >= 0.3 is 0 Å². The van der Waals surface area contributed by atoms with E-state index in [2.05, 4.69) is 10.6 Å². The van der Waals surface area contributed by atoms with Gasteiger partial charge in [-0.1, -0.05) is 24.3 Å². The molecule has 29 heavy (non-hydrogen) atoms. The average molecular weight is 401 g/mol. The standard InChI is InChI=1S/C21H24FN3O4/c1-13(26)24-19(12-14-5-3-7-16(22)9-14)21(28)25-18(20(23)27)11-15-6-4-8-17(10-15)29-2/h3-10,18-19H,11-12H2,1-2H3,(H2,23,27)(H,24,26)(H,25,28)/t18-,19-/m1/s1. The molecule has 0 spiro atoms. The van der Waals surface area contributed by atoms with Gasteiger partial charge in [-0.15, -0.1) is 0 Å². The zero-order chi connectivity index (χ0) is 21.4. The predicted octanol–water partition coefficient (Wildman–Crippen LogP) is 1.09. The highest BCUT2D eigenvalue weighted by molar-refractivity contribution is 5.91. The van der Waals surface area contributed by atoms with E-state index in [1.165, 1.54) is 32.2 Å². The first kappa shape index (κ1) is 21.9. The molecule has 0 aliphatic carbocycles. The summed E-state index contributed by atoms with van der Waals surface area (Å²) >= 11 is 0. The van der Waals surface area contributed by atoms with Crippen LogP contribution < -0.4 is 21.1 Å². The summed E-state index contributed by atoms with van der Waals surface area (Å²) in [6.07, 6.45) is 0.221. The van der Waals surface area contributed by atoms with Crippen molar-refractivity contribution < 1.29 is 23.5 Å². The number of carbonyl (C=O) groups excluding carboxylic acids is 3. The first-order valence-electron chi connectivity index (χ1n) is 9.02. The molecule has 0 saturated carbocycles. The molecule has 8 heteroatoms. The third kappa shape index (κ3) is 6.91. The largest absolute Gasteiger partial charge is 0.497 e. The lowest BCUT2D eigenvalue weighted by Gasteiger charge is -2.22. The fraction of sp³-hybridized carbons (Fsp3) is 0.286. The number of nitrogens with two attached hydrogens (primary N) is 1. The van der Waals surface area contributed by atoms with Crippen LogP contribution in [0.5, 0.6) is 5.75 Å². The summed E-state index contributed by atoms with van der Waals surface area (Å²) in [7, 11) is 1.52. The van der Waals surface area contributed by atoms with E-state index >= 15 is 0 Å². The molecular weight excluding hydrogens is 377 g/mol. The Morgan fingerprint density at radius 3 is 2.21 bits per heavy atom. The highest BCUT2D eigenvalue weighted by Crippen LogP contribution is 2.14. The molecule has 0 aliphatic heterocycles. The first-order chi connectivity index (χ1) is 13.8. The first-order valence-corrected chi connectivity index (χ1v) is 9.02. The van der Waals surface area contributed by atoms with Crippen molar-refractivity contribution in [2.45, 2.75) is 31.8 Å². The number of nitrogens with one attached hydrogen (secondary N) is 2. The van der Waals surface area contributed by atoms with E-state index in [1.807, 2.05) is 0 Å². The Kier molecular flexibility index (Phi) is 7.70. The molecule has 0 unspecified atom stereocenters. The highest BCUT2D eigenvalue weighted by Gasteiger charge is 2.25. The van der Waals surface area contributed by atoms with Gasteiger partial charge in [0.05, 0.1) is 7.11 Å². The third-order valence-electron chi connectivity index (χ3n) is 4.26. The summed E-state index contributed by atoms with van der Waals surface area (Å²) in [6.45, 7) is 1.27. The molecule has 2 aromatic rings. The Bertz CT molecular complexity index is 888. The van der Waals surface area contributed by atoms with Gasteiger partial charge in [-0.25, -0.2) is 4.39 Å². The zero-order valence-electron chi connectivity index (χ0n) is 16.3. The zero-order valence-corrected chi connectivity index (χ0v) is 16.3. The minimum absolute atomic E-state index is 0.0633. The Labute approximate surface area is 168 Å². The number of carbonyl (C=O) groups is 3. The molecule has 2 aromatic carbocycles. The molecule has 0 saturated heterocycles. The van der Waals surface area contributed by atoms with Crippen molar-refractivity contribution in [3.8, 4) is 5.75 Å². The van der Waals surface area contributed by atoms with Crippen molar-refractivity contribution in [2.24, 2.45) is 5.73 Å². The smallest absolute Gasteiger partial charge is 0.243 e. The van der Waals surface area contributed by atoms with E-state index in [-0.39, 0.29) is 12.8 Å². The molecule has 0 heterocycles. The van der Waals surface area contributed by atoms with E-state index in [0.717, 1.165) is 5.56 Å². The van der Waals surface area contributed by atoms with Gasteiger partial charge in [0.1, 0.15) is 23.7 Å². The van der Waals surface area contributed by atoms with E-state index < -0.39 is 35.6 Å². The molecule has 0 aromatic heterocycles. The number of hydrogen-bond donors (Lipinski definition) is 3. The molecule has 2 rings (SSSR count). The van der Waals surface area contributed by atoms with Gasteiger partial charge in [0.2, 0.25) is 17.7 Å². The van der Waals surface area contributed by atoms with Crippen molar-refractivity contribution >= 4 is 17.7 Å². The van der Waals surface area contributed by atoms with Gasteiger partial charge in [-0.3, -0.25) is 14.4 Å². The number of ether oxygens (including phenoxy) is 1. The van der Waals surface area contributed by atoms with Crippen LogP contribution in [0.3, 0.4) is 0 Å². The van der Waals surface area contributed by atoms with Gasteiger partial charge in [0.15, 0.2) is 0 Å². The second kappa shape index (κ2) is 10.2. The predicted molar refractivity (Wildman–Crippen MR) is 106 cm³/mol. The molecule has 0 radical (unpaired) electrons. The lowest BCUT2D eigenvalue weighted by Crippen LogP contribution is -2.54. The maximum absolute atomic E-state index is 13.4. The normalized spacial score (nSPS) is 12.5. The van der Waals surface area contributed by atoms with E-state index in [4.69, 9.17) is 10.5 Å². The number of hydrogen-bond acceptors (Lipinski definition) is 4. The summed E-state index contributed by atoms with van der Waals surface area (Å²) in [5, 5.41) is 5.11. The fourth-order valence-electron chi connectivity index (χ4n) is 2.88. The minimum atomic E-state index is -0.988. The van der Waals surface area contributed by atoms with Crippen molar-refractivity contribution in [2.75, 3.05) is 7.11 Å². The Balaban J connectivity index is 2.14. The summed E-state index contributed by atoms with van der Waals surface area (Å²) in [6, 6.07) is 10.8.